The van der Waals surface area contributed by atoms with Gasteiger partial charge in [0.1, 0.15) is 0 Å². The zero-order valence-electron chi connectivity index (χ0n) is 16.5. The summed E-state index contributed by atoms with van der Waals surface area (Å²) in [7, 11) is 0. The Bertz CT molecular complexity index is 912. The molecule has 3 nitrogen and oxygen atoms in total. The highest BCUT2D eigenvalue weighted by Gasteiger charge is 2.20. The molecule has 0 aliphatic carbocycles. The minimum Gasteiger partial charge on any atom is -0.338 e. The zero-order chi connectivity index (χ0) is 19.9. The van der Waals surface area contributed by atoms with Gasteiger partial charge in [-0.05, 0) is 28.7 Å². The van der Waals surface area contributed by atoms with E-state index in [-0.39, 0.29) is 11.9 Å². The first-order valence-corrected chi connectivity index (χ1v) is 10.2. The van der Waals surface area contributed by atoms with Gasteiger partial charge in [0.05, 0.1) is 12.6 Å². The molecule has 1 amide bonds. The summed E-state index contributed by atoms with van der Waals surface area (Å²) in [5.41, 5.74) is 4.91. The average Bonchev–Trinajstić information content (AvgIpc) is 2.81. The van der Waals surface area contributed by atoms with Crippen LogP contribution in [0.1, 0.15) is 29.2 Å². The van der Waals surface area contributed by atoms with Crippen LogP contribution in [-0.4, -0.2) is 30.4 Å². The molecule has 0 unspecified atom stereocenters. The Kier molecular flexibility index (Phi) is 6.18. The maximum absolute atomic E-state index is 12.8. The third kappa shape index (κ3) is 4.82. The molecule has 1 aliphatic rings. The van der Waals surface area contributed by atoms with E-state index in [2.05, 4.69) is 59.9 Å². The van der Waals surface area contributed by atoms with Crippen LogP contribution in [-0.2, 0) is 4.79 Å². The van der Waals surface area contributed by atoms with Gasteiger partial charge in [-0.3, -0.25) is 10.1 Å². The van der Waals surface area contributed by atoms with Crippen molar-refractivity contribution in [2.45, 2.75) is 12.5 Å². The maximum Gasteiger partial charge on any atom is 0.236 e. The van der Waals surface area contributed by atoms with E-state index in [1.54, 1.807) is 0 Å². The number of nitrogens with zero attached hydrogens (tertiary/aromatic N) is 1. The molecule has 0 spiro atoms. The number of nitrogens with one attached hydrogen (secondary N) is 1. The first kappa shape index (κ1) is 19.2. The molecule has 146 valence electrons. The summed E-state index contributed by atoms with van der Waals surface area (Å²) in [5.74, 6) is 0.144. The van der Waals surface area contributed by atoms with E-state index >= 15 is 0 Å². The Morgan fingerprint density at radius 1 is 0.828 bits per heavy atom. The normalized spacial score (nSPS) is 14.0. The van der Waals surface area contributed by atoms with E-state index in [1.165, 1.54) is 11.1 Å². The minimum atomic E-state index is 0.00145. The molecule has 1 aliphatic heterocycles. The summed E-state index contributed by atoms with van der Waals surface area (Å²) in [6, 6.07) is 31.0. The fourth-order valence-electron chi connectivity index (χ4n) is 3.83. The summed E-state index contributed by atoms with van der Waals surface area (Å²) < 4.78 is 0. The van der Waals surface area contributed by atoms with Crippen LogP contribution in [0.25, 0.3) is 5.57 Å². The SMILES string of the molecule is O=C(CNC(c1ccccc1)c1ccccc1)N1CC=C(c2ccccc2)CC1. The fourth-order valence-corrected chi connectivity index (χ4v) is 3.83. The lowest BCUT2D eigenvalue weighted by molar-refractivity contribution is -0.129. The second-order valence-corrected chi connectivity index (χ2v) is 7.32. The Morgan fingerprint density at radius 3 is 1.90 bits per heavy atom. The summed E-state index contributed by atoms with van der Waals surface area (Å²) in [5, 5.41) is 3.48. The lowest BCUT2D eigenvalue weighted by Crippen LogP contribution is -2.41. The predicted octanol–water partition coefficient (Wildman–Crippen LogP) is 4.68. The summed E-state index contributed by atoms with van der Waals surface area (Å²) >= 11 is 0. The van der Waals surface area contributed by atoms with Gasteiger partial charge in [-0.2, -0.15) is 0 Å². The van der Waals surface area contributed by atoms with Crippen molar-refractivity contribution in [3.05, 3.63) is 114 Å². The zero-order valence-corrected chi connectivity index (χ0v) is 16.5. The van der Waals surface area contributed by atoms with E-state index in [4.69, 9.17) is 0 Å². The Morgan fingerprint density at radius 2 is 1.38 bits per heavy atom. The van der Waals surface area contributed by atoms with Crippen molar-refractivity contribution in [3.8, 4) is 0 Å². The second-order valence-electron chi connectivity index (χ2n) is 7.32. The highest BCUT2D eigenvalue weighted by Crippen LogP contribution is 2.23. The highest BCUT2D eigenvalue weighted by molar-refractivity contribution is 5.80. The number of rotatable bonds is 6. The smallest absolute Gasteiger partial charge is 0.236 e. The van der Waals surface area contributed by atoms with Gasteiger partial charge < -0.3 is 4.90 Å². The van der Waals surface area contributed by atoms with Gasteiger partial charge >= 0.3 is 0 Å². The molecule has 0 atom stereocenters. The van der Waals surface area contributed by atoms with E-state index in [1.807, 2.05) is 47.4 Å². The van der Waals surface area contributed by atoms with Crippen molar-refractivity contribution >= 4 is 11.5 Å². The Hall–Kier alpha value is -3.17. The van der Waals surface area contributed by atoms with Crippen molar-refractivity contribution in [1.82, 2.24) is 10.2 Å². The Labute approximate surface area is 172 Å². The summed E-state index contributed by atoms with van der Waals surface area (Å²) in [6.45, 7) is 1.76. The van der Waals surface area contributed by atoms with E-state index in [9.17, 15) is 4.79 Å². The third-order valence-electron chi connectivity index (χ3n) is 5.43. The van der Waals surface area contributed by atoms with Crippen LogP contribution < -0.4 is 5.32 Å². The number of hydrogen-bond donors (Lipinski definition) is 1. The third-order valence-corrected chi connectivity index (χ3v) is 5.43. The van der Waals surface area contributed by atoms with Gasteiger partial charge in [0.2, 0.25) is 5.91 Å². The van der Waals surface area contributed by atoms with Crippen LogP contribution in [0.3, 0.4) is 0 Å². The van der Waals surface area contributed by atoms with Crippen LogP contribution >= 0.6 is 0 Å². The van der Waals surface area contributed by atoms with Crippen molar-refractivity contribution in [3.63, 3.8) is 0 Å². The molecule has 0 aromatic heterocycles. The van der Waals surface area contributed by atoms with Crippen LogP contribution in [0.15, 0.2) is 97.1 Å². The molecule has 0 bridgehead atoms. The lowest BCUT2D eigenvalue weighted by Gasteiger charge is -2.28. The summed E-state index contributed by atoms with van der Waals surface area (Å²) in [4.78, 5) is 14.8. The monoisotopic (exact) mass is 382 g/mol. The molecule has 3 aromatic rings. The Balaban J connectivity index is 1.41. The first-order valence-electron chi connectivity index (χ1n) is 10.2. The van der Waals surface area contributed by atoms with Crippen LogP contribution in [0.5, 0.6) is 0 Å². The van der Waals surface area contributed by atoms with Crippen molar-refractivity contribution in [2.75, 3.05) is 19.6 Å². The standard InChI is InChI=1S/C26H26N2O/c29-25(28-18-16-22(17-19-28)21-10-4-1-5-11-21)20-27-26(23-12-6-2-7-13-23)24-14-8-3-9-15-24/h1-16,26-27H,17-20H2. The van der Waals surface area contributed by atoms with Crippen LogP contribution in [0, 0.1) is 0 Å². The van der Waals surface area contributed by atoms with E-state index < -0.39 is 0 Å². The molecule has 0 saturated carbocycles. The average molecular weight is 383 g/mol. The minimum absolute atomic E-state index is 0.00145. The molecule has 0 saturated heterocycles. The van der Waals surface area contributed by atoms with Crippen molar-refractivity contribution < 1.29 is 4.79 Å². The molecule has 3 heteroatoms. The van der Waals surface area contributed by atoms with Gasteiger partial charge in [0, 0.05) is 13.1 Å². The molecular formula is C26H26N2O. The molecule has 1 N–H and O–H groups in total. The van der Waals surface area contributed by atoms with Crippen molar-refractivity contribution in [1.29, 1.82) is 0 Å². The maximum atomic E-state index is 12.8. The molecule has 0 radical (unpaired) electrons. The van der Waals surface area contributed by atoms with Crippen LogP contribution in [0.4, 0.5) is 0 Å². The van der Waals surface area contributed by atoms with E-state index in [0.717, 1.165) is 24.1 Å². The fraction of sp³-hybridized carbons (Fsp3) is 0.192. The van der Waals surface area contributed by atoms with Gasteiger partial charge in [-0.1, -0.05) is 97.1 Å². The quantitative estimate of drug-likeness (QED) is 0.671. The first-order chi connectivity index (χ1) is 14.3. The molecule has 3 aromatic carbocycles. The van der Waals surface area contributed by atoms with Gasteiger partial charge in [0.15, 0.2) is 0 Å². The van der Waals surface area contributed by atoms with E-state index in [0.29, 0.717) is 13.1 Å². The van der Waals surface area contributed by atoms with Gasteiger partial charge in [-0.15, -0.1) is 0 Å². The van der Waals surface area contributed by atoms with Crippen LogP contribution in [0.2, 0.25) is 0 Å². The lowest BCUT2D eigenvalue weighted by atomic mass is 9.98. The second kappa shape index (κ2) is 9.35. The van der Waals surface area contributed by atoms with Gasteiger partial charge in [0.25, 0.3) is 0 Å². The number of carbonyl (C=O) groups is 1. The molecular weight excluding hydrogens is 356 g/mol. The predicted molar refractivity (Wildman–Crippen MR) is 118 cm³/mol. The topological polar surface area (TPSA) is 32.3 Å². The molecule has 4 rings (SSSR count). The molecule has 0 fully saturated rings. The summed E-state index contributed by atoms with van der Waals surface area (Å²) in [6.07, 6.45) is 3.08. The molecule has 1 heterocycles. The number of amides is 1. The number of benzene rings is 3. The number of hydrogen-bond acceptors (Lipinski definition) is 2. The van der Waals surface area contributed by atoms with Gasteiger partial charge in [-0.25, -0.2) is 0 Å². The van der Waals surface area contributed by atoms with Crippen molar-refractivity contribution in [2.24, 2.45) is 0 Å². The largest absolute Gasteiger partial charge is 0.338 e. The highest BCUT2D eigenvalue weighted by atomic mass is 16.2. The molecule has 29 heavy (non-hydrogen) atoms. The number of carbonyl (C=O) groups excluding carboxylic acids is 1.